The predicted octanol–water partition coefficient (Wildman–Crippen LogP) is 4.71. The second-order valence-corrected chi connectivity index (χ2v) is 7.67. The van der Waals surface area contributed by atoms with E-state index in [0.717, 1.165) is 21.9 Å². The lowest BCUT2D eigenvalue weighted by Crippen LogP contribution is -2.15. The number of nitrogens with two attached hydrogens (primary N) is 1. The molecule has 0 radical (unpaired) electrons. The number of hydrogen-bond donors (Lipinski definition) is 2. The van der Waals surface area contributed by atoms with Gasteiger partial charge in [0.1, 0.15) is 5.82 Å². The quantitative estimate of drug-likeness (QED) is 0.651. The van der Waals surface area contributed by atoms with Crippen LogP contribution in [-0.4, -0.2) is 10.9 Å². The topological polar surface area (TPSA) is 91.8 Å². The fraction of sp³-hybridized carbons (Fsp3) is 0.261. The number of nitrogens with one attached hydrogen (secondary N) is 1. The van der Waals surface area contributed by atoms with E-state index in [1.807, 2.05) is 24.3 Å². The van der Waals surface area contributed by atoms with Gasteiger partial charge in [0.25, 0.3) is 0 Å². The lowest BCUT2D eigenvalue weighted by molar-refractivity contribution is -0.117. The normalized spacial score (nSPS) is 18.1. The highest BCUT2D eigenvalue weighted by Crippen LogP contribution is 2.39. The van der Waals surface area contributed by atoms with Crippen molar-refractivity contribution in [1.82, 2.24) is 4.98 Å². The molecule has 1 aliphatic carbocycles. The summed E-state index contributed by atoms with van der Waals surface area (Å²) in [6.45, 7) is 4.35. The van der Waals surface area contributed by atoms with Crippen molar-refractivity contribution in [3.05, 3.63) is 54.2 Å². The lowest BCUT2D eigenvalue weighted by atomic mass is 9.91. The third kappa shape index (κ3) is 3.29. The zero-order valence-electron chi connectivity index (χ0n) is 15.9. The van der Waals surface area contributed by atoms with Crippen LogP contribution in [0.25, 0.3) is 21.9 Å². The summed E-state index contributed by atoms with van der Waals surface area (Å²) in [5.74, 6) is 0.335. The standard InChI is InChI=1S/C23H22N4O/c1-13(2)17-5-3-4-6-18(17)14-7-15-10-22(26-12-20(15)21(25)9-14)27-23(28)19-8-16(19)11-24/h3-7,9-10,12-13,16,19H,8,25H2,1-2H3,(H,26,27,28). The third-order valence-electron chi connectivity index (χ3n) is 5.31. The van der Waals surface area contributed by atoms with Crippen LogP contribution in [0.1, 0.15) is 31.7 Å². The van der Waals surface area contributed by atoms with Crippen molar-refractivity contribution in [3.63, 3.8) is 0 Å². The number of nitrogens with zero attached hydrogens (tertiary/aromatic N) is 2. The molecule has 0 bridgehead atoms. The molecule has 0 spiro atoms. The molecule has 3 aromatic rings. The summed E-state index contributed by atoms with van der Waals surface area (Å²) in [5.41, 5.74) is 10.4. The van der Waals surface area contributed by atoms with Crippen LogP contribution >= 0.6 is 0 Å². The van der Waals surface area contributed by atoms with Gasteiger partial charge in [-0.15, -0.1) is 0 Å². The molecule has 1 aliphatic rings. The molecule has 4 rings (SSSR count). The number of aromatic nitrogens is 1. The van der Waals surface area contributed by atoms with E-state index in [9.17, 15) is 4.79 Å². The fourth-order valence-corrected chi connectivity index (χ4v) is 3.62. The number of carbonyl (C=O) groups excluding carboxylic acids is 1. The van der Waals surface area contributed by atoms with E-state index in [4.69, 9.17) is 11.0 Å². The Labute approximate surface area is 164 Å². The van der Waals surface area contributed by atoms with Crippen LogP contribution in [0.2, 0.25) is 0 Å². The Hall–Kier alpha value is -3.39. The number of hydrogen-bond acceptors (Lipinski definition) is 4. The first-order valence-electron chi connectivity index (χ1n) is 9.47. The average molecular weight is 370 g/mol. The molecule has 3 N–H and O–H groups in total. The number of amides is 1. The van der Waals surface area contributed by atoms with Crippen molar-refractivity contribution in [2.45, 2.75) is 26.2 Å². The molecule has 1 heterocycles. The molecular formula is C23H22N4O. The summed E-state index contributed by atoms with van der Waals surface area (Å²) in [4.78, 5) is 16.6. The highest BCUT2D eigenvalue weighted by atomic mass is 16.2. The molecule has 0 aliphatic heterocycles. The molecule has 140 valence electrons. The van der Waals surface area contributed by atoms with Crippen molar-refractivity contribution in [2.75, 3.05) is 11.1 Å². The van der Waals surface area contributed by atoms with E-state index in [2.05, 4.69) is 48.4 Å². The zero-order chi connectivity index (χ0) is 19.8. The van der Waals surface area contributed by atoms with Crippen molar-refractivity contribution in [1.29, 1.82) is 5.26 Å². The first-order valence-corrected chi connectivity index (χ1v) is 9.47. The molecule has 0 saturated heterocycles. The van der Waals surface area contributed by atoms with Gasteiger partial charge in [-0.05, 0) is 52.6 Å². The van der Waals surface area contributed by atoms with Crippen molar-refractivity contribution < 1.29 is 4.79 Å². The Morgan fingerprint density at radius 3 is 2.79 bits per heavy atom. The summed E-state index contributed by atoms with van der Waals surface area (Å²) in [7, 11) is 0. The van der Waals surface area contributed by atoms with Gasteiger partial charge in [0, 0.05) is 17.3 Å². The molecule has 1 saturated carbocycles. The van der Waals surface area contributed by atoms with E-state index < -0.39 is 0 Å². The van der Waals surface area contributed by atoms with Gasteiger partial charge < -0.3 is 11.1 Å². The van der Waals surface area contributed by atoms with E-state index in [0.29, 0.717) is 23.8 Å². The van der Waals surface area contributed by atoms with E-state index in [-0.39, 0.29) is 17.7 Å². The van der Waals surface area contributed by atoms with Gasteiger partial charge in [0.05, 0.1) is 17.9 Å². The zero-order valence-corrected chi connectivity index (χ0v) is 15.9. The summed E-state index contributed by atoms with van der Waals surface area (Å²) in [6, 6.07) is 16.4. The predicted molar refractivity (Wildman–Crippen MR) is 112 cm³/mol. The number of carbonyl (C=O) groups is 1. The monoisotopic (exact) mass is 370 g/mol. The van der Waals surface area contributed by atoms with Crippen molar-refractivity contribution >= 4 is 28.2 Å². The summed E-state index contributed by atoms with van der Waals surface area (Å²) in [5, 5.41) is 13.5. The van der Waals surface area contributed by atoms with Crippen LogP contribution in [0.4, 0.5) is 11.5 Å². The van der Waals surface area contributed by atoms with Crippen LogP contribution in [0.5, 0.6) is 0 Å². The van der Waals surface area contributed by atoms with Gasteiger partial charge in [-0.3, -0.25) is 4.79 Å². The van der Waals surface area contributed by atoms with Gasteiger partial charge >= 0.3 is 0 Å². The van der Waals surface area contributed by atoms with Crippen molar-refractivity contribution in [2.24, 2.45) is 11.8 Å². The lowest BCUT2D eigenvalue weighted by Gasteiger charge is -2.15. The van der Waals surface area contributed by atoms with Crippen LogP contribution in [0, 0.1) is 23.2 Å². The number of nitriles is 1. The molecule has 1 amide bonds. The molecule has 2 atom stereocenters. The second kappa shape index (κ2) is 6.97. The van der Waals surface area contributed by atoms with Crippen molar-refractivity contribution in [3.8, 4) is 17.2 Å². The molecule has 5 nitrogen and oxygen atoms in total. The van der Waals surface area contributed by atoms with E-state index in [1.165, 1.54) is 5.56 Å². The number of anilines is 2. The highest BCUT2D eigenvalue weighted by molar-refractivity contribution is 6.00. The Morgan fingerprint density at radius 1 is 1.29 bits per heavy atom. The third-order valence-corrected chi connectivity index (χ3v) is 5.31. The largest absolute Gasteiger partial charge is 0.398 e. The highest BCUT2D eigenvalue weighted by Gasteiger charge is 2.43. The maximum Gasteiger partial charge on any atom is 0.230 e. The Balaban J connectivity index is 1.71. The average Bonchev–Trinajstić information content (AvgIpc) is 3.47. The molecule has 2 unspecified atom stereocenters. The van der Waals surface area contributed by atoms with E-state index in [1.54, 1.807) is 6.20 Å². The molecule has 1 fully saturated rings. The number of nitrogen functional groups attached to an aromatic ring is 1. The Kier molecular flexibility index (Phi) is 4.48. The first-order chi connectivity index (χ1) is 13.5. The minimum Gasteiger partial charge on any atom is -0.398 e. The molecule has 2 aromatic carbocycles. The Morgan fingerprint density at radius 2 is 2.07 bits per heavy atom. The molecule has 1 aromatic heterocycles. The molecular weight excluding hydrogens is 348 g/mol. The van der Waals surface area contributed by atoms with Crippen LogP contribution < -0.4 is 11.1 Å². The minimum atomic E-state index is -0.225. The number of fused-ring (bicyclic) bond motifs is 1. The summed E-state index contributed by atoms with van der Waals surface area (Å²) in [6.07, 6.45) is 2.31. The van der Waals surface area contributed by atoms with Gasteiger partial charge in [-0.25, -0.2) is 4.98 Å². The SMILES string of the molecule is CC(C)c1ccccc1-c1cc(N)c2cnc(NC(=O)C3CC3C#N)cc2c1. The Bertz CT molecular complexity index is 1110. The summed E-state index contributed by atoms with van der Waals surface area (Å²) >= 11 is 0. The van der Waals surface area contributed by atoms with Crippen LogP contribution in [0.3, 0.4) is 0 Å². The number of rotatable bonds is 4. The number of benzene rings is 2. The maximum atomic E-state index is 12.2. The van der Waals surface area contributed by atoms with Gasteiger partial charge in [0.2, 0.25) is 5.91 Å². The second-order valence-electron chi connectivity index (χ2n) is 7.67. The fourth-order valence-electron chi connectivity index (χ4n) is 3.62. The van der Waals surface area contributed by atoms with Gasteiger partial charge in [0.15, 0.2) is 0 Å². The molecule has 5 heteroatoms. The van der Waals surface area contributed by atoms with E-state index >= 15 is 0 Å². The maximum absolute atomic E-state index is 12.2. The number of pyridine rings is 1. The first kappa shape index (κ1) is 18.0. The van der Waals surface area contributed by atoms with Gasteiger partial charge in [-0.2, -0.15) is 5.26 Å². The smallest absolute Gasteiger partial charge is 0.230 e. The molecule has 28 heavy (non-hydrogen) atoms. The van der Waals surface area contributed by atoms with Gasteiger partial charge in [-0.1, -0.05) is 38.1 Å². The minimum absolute atomic E-state index is 0.146. The van der Waals surface area contributed by atoms with Crippen LogP contribution in [-0.2, 0) is 4.79 Å². The summed E-state index contributed by atoms with van der Waals surface area (Å²) < 4.78 is 0. The van der Waals surface area contributed by atoms with Crippen LogP contribution in [0.15, 0.2) is 48.7 Å².